The molecule has 0 spiro atoms. The molecule has 21 heavy (non-hydrogen) atoms. The first-order valence-electron chi connectivity index (χ1n) is 6.74. The van der Waals surface area contributed by atoms with Gasteiger partial charge in [0.2, 0.25) is 10.0 Å². The van der Waals surface area contributed by atoms with Crippen LogP contribution >= 0.6 is 0 Å². The molecule has 6 nitrogen and oxygen atoms in total. The fourth-order valence-electron chi connectivity index (χ4n) is 2.15. The number of aliphatic hydroxyl groups excluding tert-OH is 1. The maximum absolute atomic E-state index is 12.3. The summed E-state index contributed by atoms with van der Waals surface area (Å²) in [4.78, 5) is 11.0. The Balaban J connectivity index is 2.27. The van der Waals surface area contributed by atoms with Crippen molar-refractivity contribution in [1.29, 1.82) is 0 Å². The molecule has 1 fully saturated rings. The lowest BCUT2D eigenvalue weighted by atomic mass is 10.1. The average Bonchev–Trinajstić information content (AvgIpc) is 3.23. The van der Waals surface area contributed by atoms with Gasteiger partial charge in [0.1, 0.15) is 0 Å². The van der Waals surface area contributed by atoms with Crippen molar-refractivity contribution in [3.63, 3.8) is 0 Å². The molecular formula is C14H19NO5S. The maximum atomic E-state index is 12.3. The molecule has 1 aromatic carbocycles. The number of aromatic carboxylic acids is 1. The molecule has 0 radical (unpaired) electrons. The van der Waals surface area contributed by atoms with E-state index in [1.807, 2.05) is 0 Å². The third kappa shape index (κ3) is 3.61. The van der Waals surface area contributed by atoms with Gasteiger partial charge < -0.3 is 10.2 Å². The van der Waals surface area contributed by atoms with Crippen LogP contribution in [0.5, 0.6) is 0 Å². The van der Waals surface area contributed by atoms with Gasteiger partial charge in [-0.3, -0.25) is 0 Å². The lowest BCUT2D eigenvalue weighted by molar-refractivity contribution is 0.0696. The first kappa shape index (κ1) is 15.9. The summed E-state index contributed by atoms with van der Waals surface area (Å²) in [7, 11) is -3.84. The summed E-state index contributed by atoms with van der Waals surface area (Å²) >= 11 is 0. The highest BCUT2D eigenvalue weighted by Crippen LogP contribution is 2.32. The minimum Gasteiger partial charge on any atom is -0.478 e. The van der Waals surface area contributed by atoms with Crippen molar-refractivity contribution in [1.82, 2.24) is 4.72 Å². The minimum atomic E-state index is -3.84. The van der Waals surface area contributed by atoms with E-state index in [1.54, 1.807) is 13.8 Å². The second-order valence-corrected chi connectivity index (χ2v) is 7.21. The molecule has 1 atom stereocenters. The highest BCUT2D eigenvalue weighted by Gasteiger charge is 2.31. The van der Waals surface area contributed by atoms with Crippen LogP contribution in [0.1, 0.15) is 34.3 Å². The van der Waals surface area contributed by atoms with Crippen LogP contribution in [-0.2, 0) is 10.0 Å². The summed E-state index contributed by atoms with van der Waals surface area (Å²) in [6, 6.07) is 2.59. The Morgan fingerprint density at radius 3 is 2.52 bits per heavy atom. The van der Waals surface area contributed by atoms with Crippen LogP contribution in [0, 0.1) is 19.8 Å². The normalized spacial score (nSPS) is 16.7. The van der Waals surface area contributed by atoms with E-state index in [-0.39, 0.29) is 22.9 Å². The predicted molar refractivity (Wildman–Crippen MR) is 76.8 cm³/mol. The van der Waals surface area contributed by atoms with Crippen molar-refractivity contribution >= 4 is 16.0 Å². The van der Waals surface area contributed by atoms with Gasteiger partial charge in [-0.2, -0.15) is 0 Å². The maximum Gasteiger partial charge on any atom is 0.335 e. The Kier molecular flexibility index (Phi) is 4.36. The largest absolute Gasteiger partial charge is 0.478 e. The number of carbonyl (C=O) groups is 1. The molecule has 116 valence electrons. The van der Waals surface area contributed by atoms with E-state index in [1.165, 1.54) is 6.07 Å². The van der Waals surface area contributed by atoms with Crippen LogP contribution in [0.4, 0.5) is 0 Å². The molecule has 0 saturated heterocycles. The fraction of sp³-hybridized carbons (Fsp3) is 0.500. The third-order valence-electron chi connectivity index (χ3n) is 3.80. The van der Waals surface area contributed by atoms with Gasteiger partial charge in [-0.05, 0) is 55.9 Å². The molecule has 3 N–H and O–H groups in total. The van der Waals surface area contributed by atoms with Crippen molar-refractivity contribution in [2.75, 3.05) is 6.54 Å². The molecule has 0 bridgehead atoms. The van der Waals surface area contributed by atoms with Gasteiger partial charge >= 0.3 is 5.97 Å². The van der Waals surface area contributed by atoms with E-state index in [2.05, 4.69) is 4.72 Å². The second kappa shape index (κ2) is 5.75. The summed E-state index contributed by atoms with van der Waals surface area (Å²) in [6.45, 7) is 3.25. The second-order valence-electron chi connectivity index (χ2n) is 5.48. The van der Waals surface area contributed by atoms with Crippen molar-refractivity contribution in [2.24, 2.45) is 5.92 Å². The van der Waals surface area contributed by atoms with Gasteiger partial charge in [0.25, 0.3) is 0 Å². The van der Waals surface area contributed by atoms with Crippen LogP contribution in [0.3, 0.4) is 0 Å². The number of aliphatic hydroxyl groups is 1. The summed E-state index contributed by atoms with van der Waals surface area (Å²) in [6.07, 6.45) is 1.13. The molecule has 1 aliphatic carbocycles. The van der Waals surface area contributed by atoms with E-state index >= 15 is 0 Å². The summed E-state index contributed by atoms with van der Waals surface area (Å²) in [5.74, 6) is -1.01. The molecule has 0 aliphatic heterocycles. The number of benzene rings is 1. The van der Waals surface area contributed by atoms with E-state index < -0.39 is 22.1 Å². The number of carboxylic acid groups (broad SMARTS) is 1. The topological polar surface area (TPSA) is 104 Å². The molecule has 7 heteroatoms. The van der Waals surface area contributed by atoms with Crippen molar-refractivity contribution < 1.29 is 23.4 Å². The molecule has 0 heterocycles. The molecule has 0 aromatic heterocycles. The number of sulfonamides is 1. The highest BCUT2D eigenvalue weighted by molar-refractivity contribution is 7.89. The van der Waals surface area contributed by atoms with Crippen LogP contribution < -0.4 is 4.72 Å². The van der Waals surface area contributed by atoms with Gasteiger partial charge in [0.15, 0.2) is 0 Å². The number of rotatable bonds is 6. The lowest BCUT2D eigenvalue weighted by Gasteiger charge is -2.14. The van der Waals surface area contributed by atoms with Gasteiger partial charge in [0.05, 0.1) is 16.6 Å². The summed E-state index contributed by atoms with van der Waals surface area (Å²) < 4.78 is 27.0. The van der Waals surface area contributed by atoms with E-state index in [0.29, 0.717) is 11.1 Å². The number of aryl methyl sites for hydroxylation is 1. The van der Waals surface area contributed by atoms with Crippen molar-refractivity contribution in [3.05, 3.63) is 28.8 Å². The van der Waals surface area contributed by atoms with E-state index in [4.69, 9.17) is 5.11 Å². The number of hydrogen-bond donors (Lipinski definition) is 3. The Labute approximate surface area is 123 Å². The third-order valence-corrected chi connectivity index (χ3v) is 5.35. The number of hydrogen-bond acceptors (Lipinski definition) is 4. The SMILES string of the molecule is Cc1cc(C(=O)O)cc(S(=O)(=O)NCC(O)C2CC2)c1C. The van der Waals surface area contributed by atoms with Crippen LogP contribution in [0.2, 0.25) is 0 Å². The zero-order valence-corrected chi connectivity index (χ0v) is 12.8. The Bertz CT molecular complexity index is 664. The van der Waals surface area contributed by atoms with Crippen LogP contribution in [0.15, 0.2) is 17.0 Å². The first-order valence-corrected chi connectivity index (χ1v) is 8.23. The Hall–Kier alpha value is -1.44. The first-order chi connectivity index (χ1) is 9.72. The van der Waals surface area contributed by atoms with Gasteiger partial charge in [-0.25, -0.2) is 17.9 Å². The Morgan fingerprint density at radius 1 is 1.38 bits per heavy atom. The smallest absolute Gasteiger partial charge is 0.335 e. The zero-order valence-electron chi connectivity index (χ0n) is 12.0. The molecule has 1 aromatic rings. The number of nitrogens with one attached hydrogen (secondary N) is 1. The molecule has 2 rings (SSSR count). The van der Waals surface area contributed by atoms with Gasteiger partial charge in [-0.1, -0.05) is 0 Å². The van der Waals surface area contributed by atoms with Gasteiger partial charge in [0, 0.05) is 6.54 Å². The van der Waals surface area contributed by atoms with E-state index in [0.717, 1.165) is 18.9 Å². The predicted octanol–water partition coefficient (Wildman–Crippen LogP) is 1.05. The molecular weight excluding hydrogens is 294 g/mol. The quantitative estimate of drug-likeness (QED) is 0.728. The summed E-state index contributed by atoms with van der Waals surface area (Å²) in [5.41, 5.74) is 1.03. The van der Waals surface area contributed by atoms with Crippen LogP contribution in [0.25, 0.3) is 0 Å². The fourth-order valence-corrected chi connectivity index (χ4v) is 3.54. The average molecular weight is 313 g/mol. The minimum absolute atomic E-state index is 0.0528. The molecule has 1 saturated carbocycles. The number of carboxylic acids is 1. The Morgan fingerprint density at radius 2 is 2.00 bits per heavy atom. The van der Waals surface area contributed by atoms with Gasteiger partial charge in [-0.15, -0.1) is 0 Å². The van der Waals surface area contributed by atoms with Crippen molar-refractivity contribution in [2.45, 2.75) is 37.7 Å². The lowest BCUT2D eigenvalue weighted by Crippen LogP contribution is -2.33. The zero-order chi connectivity index (χ0) is 15.8. The molecule has 1 unspecified atom stereocenters. The highest BCUT2D eigenvalue weighted by atomic mass is 32.2. The molecule has 1 aliphatic rings. The van der Waals surface area contributed by atoms with Crippen LogP contribution in [-0.4, -0.2) is 37.2 Å². The standard InChI is InChI=1S/C14H19NO5S/c1-8-5-11(14(17)18)6-13(9(8)2)21(19,20)15-7-12(16)10-3-4-10/h5-6,10,12,15-16H,3-4,7H2,1-2H3,(H,17,18). The molecule has 0 amide bonds. The monoisotopic (exact) mass is 313 g/mol. The van der Waals surface area contributed by atoms with E-state index in [9.17, 15) is 18.3 Å². The van der Waals surface area contributed by atoms with Crippen molar-refractivity contribution in [3.8, 4) is 0 Å². The summed E-state index contributed by atoms with van der Waals surface area (Å²) in [5, 5.41) is 18.8.